The zero-order chi connectivity index (χ0) is 13.8. The molecule has 0 bridgehead atoms. The number of aryl methyl sites for hydroxylation is 2. The molecule has 2 rings (SSSR count). The van der Waals surface area contributed by atoms with E-state index in [9.17, 15) is 4.79 Å². The van der Waals surface area contributed by atoms with E-state index in [1.54, 1.807) is 30.3 Å². The Labute approximate surface area is 113 Å². The number of rotatable bonds is 5. The minimum absolute atomic E-state index is 0.0272. The second-order valence-electron chi connectivity index (χ2n) is 4.51. The normalized spacial score (nSPS) is 10.5. The van der Waals surface area contributed by atoms with E-state index in [4.69, 9.17) is 4.74 Å². The number of methoxy groups -OCH3 is 1. The molecule has 19 heavy (non-hydrogen) atoms. The fourth-order valence-electron chi connectivity index (χ4n) is 1.96. The Morgan fingerprint density at radius 1 is 1.37 bits per heavy atom. The number of carbonyl (C=O) groups is 1. The van der Waals surface area contributed by atoms with Crippen molar-refractivity contribution in [3.8, 4) is 5.75 Å². The van der Waals surface area contributed by atoms with E-state index in [1.165, 1.54) is 0 Å². The molecule has 1 heterocycles. The SMILES string of the molecule is CCCn1cc(C(=O)c2ccc(C)c(OC)c2)cn1. The van der Waals surface area contributed by atoms with Crippen molar-refractivity contribution in [1.29, 1.82) is 0 Å². The first-order chi connectivity index (χ1) is 9.15. The van der Waals surface area contributed by atoms with Crippen LogP contribution in [0, 0.1) is 6.92 Å². The highest BCUT2D eigenvalue weighted by Crippen LogP contribution is 2.20. The van der Waals surface area contributed by atoms with Gasteiger partial charge >= 0.3 is 0 Å². The minimum atomic E-state index is -0.0272. The zero-order valence-electron chi connectivity index (χ0n) is 11.5. The van der Waals surface area contributed by atoms with E-state index in [0.29, 0.717) is 11.1 Å². The van der Waals surface area contributed by atoms with Gasteiger partial charge in [-0.15, -0.1) is 0 Å². The smallest absolute Gasteiger partial charge is 0.196 e. The predicted octanol–water partition coefficient (Wildman–Crippen LogP) is 2.84. The van der Waals surface area contributed by atoms with Crippen LogP contribution in [0.15, 0.2) is 30.6 Å². The number of carbonyl (C=O) groups excluding carboxylic acids is 1. The molecule has 4 nitrogen and oxygen atoms in total. The van der Waals surface area contributed by atoms with Crippen molar-refractivity contribution in [3.63, 3.8) is 0 Å². The van der Waals surface area contributed by atoms with E-state index in [2.05, 4.69) is 12.0 Å². The van der Waals surface area contributed by atoms with Crippen LogP contribution in [0.1, 0.15) is 34.8 Å². The molecule has 2 aromatic rings. The molecular weight excluding hydrogens is 240 g/mol. The fraction of sp³-hybridized carbons (Fsp3) is 0.333. The molecule has 0 aliphatic carbocycles. The lowest BCUT2D eigenvalue weighted by Gasteiger charge is -2.06. The topological polar surface area (TPSA) is 44.1 Å². The van der Waals surface area contributed by atoms with Crippen LogP contribution in [0.25, 0.3) is 0 Å². The Balaban J connectivity index is 2.27. The second-order valence-corrected chi connectivity index (χ2v) is 4.51. The van der Waals surface area contributed by atoms with Crippen molar-refractivity contribution >= 4 is 5.78 Å². The Morgan fingerprint density at radius 3 is 2.84 bits per heavy atom. The van der Waals surface area contributed by atoms with Gasteiger partial charge in [0.15, 0.2) is 5.78 Å². The summed E-state index contributed by atoms with van der Waals surface area (Å²) in [6.07, 6.45) is 4.40. The van der Waals surface area contributed by atoms with Crippen LogP contribution in [-0.2, 0) is 6.54 Å². The van der Waals surface area contributed by atoms with Gasteiger partial charge in [0.1, 0.15) is 5.75 Å². The number of benzene rings is 1. The summed E-state index contributed by atoms with van der Waals surface area (Å²) in [5, 5.41) is 4.18. The number of aromatic nitrogens is 2. The average molecular weight is 258 g/mol. The standard InChI is InChI=1S/C15H18N2O2/c1-4-7-17-10-13(9-16-17)15(18)12-6-5-11(2)14(8-12)19-3/h5-6,8-10H,4,7H2,1-3H3. The second kappa shape index (κ2) is 5.69. The average Bonchev–Trinajstić information content (AvgIpc) is 2.87. The lowest BCUT2D eigenvalue weighted by molar-refractivity contribution is 0.103. The predicted molar refractivity (Wildman–Crippen MR) is 73.7 cm³/mol. The highest BCUT2D eigenvalue weighted by Gasteiger charge is 2.13. The summed E-state index contributed by atoms with van der Waals surface area (Å²) >= 11 is 0. The van der Waals surface area contributed by atoms with Crippen LogP contribution in [0.4, 0.5) is 0 Å². The number of ketones is 1. The molecule has 100 valence electrons. The lowest BCUT2D eigenvalue weighted by Crippen LogP contribution is -2.01. The first-order valence-electron chi connectivity index (χ1n) is 6.37. The van der Waals surface area contributed by atoms with E-state index >= 15 is 0 Å². The van der Waals surface area contributed by atoms with Crippen molar-refractivity contribution < 1.29 is 9.53 Å². The molecule has 0 fully saturated rings. The molecule has 0 radical (unpaired) electrons. The van der Waals surface area contributed by atoms with Gasteiger partial charge in [-0.1, -0.05) is 19.1 Å². The maximum absolute atomic E-state index is 12.3. The third kappa shape index (κ3) is 2.84. The van der Waals surface area contributed by atoms with Crippen molar-refractivity contribution in [2.75, 3.05) is 7.11 Å². The molecular formula is C15H18N2O2. The van der Waals surface area contributed by atoms with Gasteiger partial charge in [-0.3, -0.25) is 9.48 Å². The summed E-state index contributed by atoms with van der Waals surface area (Å²) in [6, 6.07) is 5.48. The first-order valence-corrected chi connectivity index (χ1v) is 6.37. The monoisotopic (exact) mass is 258 g/mol. The zero-order valence-corrected chi connectivity index (χ0v) is 11.5. The third-order valence-corrected chi connectivity index (χ3v) is 3.02. The van der Waals surface area contributed by atoms with Gasteiger partial charge < -0.3 is 4.74 Å². The number of hydrogen-bond acceptors (Lipinski definition) is 3. The summed E-state index contributed by atoms with van der Waals surface area (Å²) < 4.78 is 7.03. The Kier molecular flexibility index (Phi) is 4.00. The minimum Gasteiger partial charge on any atom is -0.496 e. The quantitative estimate of drug-likeness (QED) is 0.775. The summed E-state index contributed by atoms with van der Waals surface area (Å²) in [5.74, 6) is 0.701. The lowest BCUT2D eigenvalue weighted by atomic mass is 10.0. The third-order valence-electron chi connectivity index (χ3n) is 3.02. The first kappa shape index (κ1) is 13.3. The van der Waals surface area contributed by atoms with Crippen LogP contribution in [0.5, 0.6) is 5.75 Å². The van der Waals surface area contributed by atoms with Crippen molar-refractivity contribution in [3.05, 3.63) is 47.3 Å². The summed E-state index contributed by atoms with van der Waals surface area (Å²) in [6.45, 7) is 4.85. The van der Waals surface area contributed by atoms with Gasteiger partial charge in [0.05, 0.1) is 18.9 Å². The van der Waals surface area contributed by atoms with Crippen LogP contribution in [-0.4, -0.2) is 22.7 Å². The number of nitrogens with zero attached hydrogens (tertiary/aromatic N) is 2. The highest BCUT2D eigenvalue weighted by molar-refractivity contribution is 6.08. The Hall–Kier alpha value is -2.10. The molecule has 0 atom stereocenters. The van der Waals surface area contributed by atoms with Gasteiger partial charge in [-0.05, 0) is 25.0 Å². The molecule has 0 aliphatic heterocycles. The van der Waals surface area contributed by atoms with Gasteiger partial charge in [0.25, 0.3) is 0 Å². The number of hydrogen-bond donors (Lipinski definition) is 0. The molecule has 0 spiro atoms. The van der Waals surface area contributed by atoms with Gasteiger partial charge in [0, 0.05) is 18.3 Å². The van der Waals surface area contributed by atoms with Gasteiger partial charge in [-0.2, -0.15) is 5.10 Å². The molecule has 0 saturated carbocycles. The van der Waals surface area contributed by atoms with Crippen molar-refractivity contribution in [2.24, 2.45) is 0 Å². The molecule has 0 N–H and O–H groups in total. The molecule has 0 unspecified atom stereocenters. The Morgan fingerprint density at radius 2 is 2.16 bits per heavy atom. The van der Waals surface area contributed by atoms with Crippen molar-refractivity contribution in [2.45, 2.75) is 26.8 Å². The number of ether oxygens (including phenoxy) is 1. The molecule has 0 amide bonds. The molecule has 1 aromatic carbocycles. The van der Waals surface area contributed by atoms with E-state index < -0.39 is 0 Å². The van der Waals surface area contributed by atoms with Gasteiger partial charge in [0.2, 0.25) is 0 Å². The molecule has 0 saturated heterocycles. The maximum atomic E-state index is 12.3. The van der Waals surface area contributed by atoms with Crippen molar-refractivity contribution in [1.82, 2.24) is 9.78 Å². The summed E-state index contributed by atoms with van der Waals surface area (Å²) in [4.78, 5) is 12.3. The summed E-state index contributed by atoms with van der Waals surface area (Å²) in [7, 11) is 1.61. The molecule has 4 heteroatoms. The van der Waals surface area contributed by atoms with E-state index in [0.717, 1.165) is 24.3 Å². The van der Waals surface area contributed by atoms with Crippen LogP contribution in [0.2, 0.25) is 0 Å². The summed E-state index contributed by atoms with van der Waals surface area (Å²) in [5.41, 5.74) is 2.25. The van der Waals surface area contributed by atoms with E-state index in [-0.39, 0.29) is 5.78 Å². The Bertz CT molecular complexity index is 588. The fourth-order valence-corrected chi connectivity index (χ4v) is 1.96. The van der Waals surface area contributed by atoms with Gasteiger partial charge in [-0.25, -0.2) is 0 Å². The van der Waals surface area contributed by atoms with Crippen LogP contribution in [0.3, 0.4) is 0 Å². The van der Waals surface area contributed by atoms with E-state index in [1.807, 2.05) is 19.1 Å². The van der Waals surface area contributed by atoms with Crippen LogP contribution < -0.4 is 4.74 Å². The molecule has 1 aromatic heterocycles. The van der Waals surface area contributed by atoms with Crippen LogP contribution >= 0.6 is 0 Å². The largest absolute Gasteiger partial charge is 0.496 e. The maximum Gasteiger partial charge on any atom is 0.196 e. The highest BCUT2D eigenvalue weighted by atomic mass is 16.5. The molecule has 0 aliphatic rings.